The number of hydrogen-bond donors (Lipinski definition) is 0. The maximum Gasteiger partial charge on any atom is 0.324 e. The predicted molar refractivity (Wildman–Crippen MR) is 104 cm³/mol. The van der Waals surface area contributed by atoms with Crippen LogP contribution in [0.25, 0.3) is 0 Å². The molecular formula is C22H25N2O4. The first-order valence-electron chi connectivity index (χ1n) is 9.50. The first kappa shape index (κ1) is 20.0. The summed E-state index contributed by atoms with van der Waals surface area (Å²) in [7, 11) is 0. The Morgan fingerprint density at radius 1 is 0.857 bits per heavy atom. The van der Waals surface area contributed by atoms with E-state index in [2.05, 4.69) is 5.32 Å². The number of carbonyl (C=O) groups excluding carboxylic acids is 2. The first-order valence-corrected chi connectivity index (χ1v) is 9.50. The lowest BCUT2D eigenvalue weighted by atomic mass is 10.1. The van der Waals surface area contributed by atoms with Crippen LogP contribution in [0.2, 0.25) is 0 Å². The fourth-order valence-corrected chi connectivity index (χ4v) is 3.07. The quantitative estimate of drug-likeness (QED) is 0.656. The fourth-order valence-electron chi connectivity index (χ4n) is 3.07. The number of piperazine rings is 1. The van der Waals surface area contributed by atoms with Crippen molar-refractivity contribution in [3.8, 4) is 0 Å². The molecule has 0 N–H and O–H groups in total. The number of carbonyl (C=O) groups is 2. The highest BCUT2D eigenvalue weighted by atomic mass is 16.5. The van der Waals surface area contributed by atoms with E-state index in [1.165, 1.54) is 0 Å². The Bertz CT molecular complexity index is 746. The number of rotatable bonds is 8. The summed E-state index contributed by atoms with van der Waals surface area (Å²) in [5.41, 5.74) is 1.82. The predicted octanol–water partition coefficient (Wildman–Crippen LogP) is 2.15. The minimum atomic E-state index is -0.650. The van der Waals surface area contributed by atoms with E-state index in [1.54, 1.807) is 0 Å². The third kappa shape index (κ3) is 6.18. The van der Waals surface area contributed by atoms with Gasteiger partial charge in [-0.25, -0.2) is 5.32 Å². The van der Waals surface area contributed by atoms with Crippen molar-refractivity contribution in [3.63, 3.8) is 0 Å². The molecule has 0 amide bonds. The van der Waals surface area contributed by atoms with E-state index >= 15 is 0 Å². The molecule has 0 aliphatic carbocycles. The van der Waals surface area contributed by atoms with Crippen LogP contribution in [-0.2, 0) is 32.3 Å². The van der Waals surface area contributed by atoms with Crippen LogP contribution in [0.5, 0.6) is 0 Å². The molecular weight excluding hydrogens is 356 g/mol. The van der Waals surface area contributed by atoms with E-state index in [-0.39, 0.29) is 19.6 Å². The highest BCUT2D eigenvalue weighted by molar-refractivity contribution is 5.82. The summed E-state index contributed by atoms with van der Waals surface area (Å²) >= 11 is 0. The summed E-state index contributed by atoms with van der Waals surface area (Å²) in [5, 5.41) is 4.31. The van der Waals surface area contributed by atoms with Gasteiger partial charge in [-0.1, -0.05) is 60.7 Å². The van der Waals surface area contributed by atoms with Gasteiger partial charge in [-0.3, -0.25) is 14.5 Å². The molecule has 6 nitrogen and oxygen atoms in total. The second-order valence-electron chi connectivity index (χ2n) is 6.67. The molecule has 0 spiro atoms. The molecule has 1 unspecified atom stereocenters. The number of benzene rings is 2. The van der Waals surface area contributed by atoms with Crippen LogP contribution < -0.4 is 5.32 Å². The molecule has 0 aromatic heterocycles. The summed E-state index contributed by atoms with van der Waals surface area (Å²) in [6, 6.07) is 18.3. The zero-order valence-corrected chi connectivity index (χ0v) is 15.8. The normalized spacial score (nSPS) is 15.6. The van der Waals surface area contributed by atoms with Crippen LogP contribution in [0.4, 0.5) is 0 Å². The third-order valence-electron chi connectivity index (χ3n) is 4.63. The Hall–Kier alpha value is -2.70. The Morgan fingerprint density at radius 3 is 1.96 bits per heavy atom. The SMILES string of the molecule is O=C(CC(C(=O)OCc1ccccc1)N1CC[N]CC1)OCc1ccccc1. The van der Waals surface area contributed by atoms with E-state index in [4.69, 9.17) is 9.47 Å². The van der Waals surface area contributed by atoms with Gasteiger partial charge in [0.15, 0.2) is 0 Å². The average molecular weight is 381 g/mol. The van der Waals surface area contributed by atoms with Gasteiger partial charge in [0.05, 0.1) is 6.42 Å². The smallest absolute Gasteiger partial charge is 0.324 e. The van der Waals surface area contributed by atoms with E-state index in [0.29, 0.717) is 26.2 Å². The Morgan fingerprint density at radius 2 is 1.39 bits per heavy atom. The largest absolute Gasteiger partial charge is 0.461 e. The van der Waals surface area contributed by atoms with Crippen LogP contribution in [0.3, 0.4) is 0 Å². The maximum atomic E-state index is 12.7. The molecule has 1 aliphatic rings. The maximum absolute atomic E-state index is 12.7. The second-order valence-corrected chi connectivity index (χ2v) is 6.67. The lowest BCUT2D eigenvalue weighted by Crippen LogP contribution is -2.50. The molecule has 6 heteroatoms. The van der Waals surface area contributed by atoms with E-state index in [9.17, 15) is 9.59 Å². The summed E-state index contributed by atoms with van der Waals surface area (Å²) in [4.78, 5) is 27.1. The minimum absolute atomic E-state index is 0.0273. The van der Waals surface area contributed by atoms with Gasteiger partial charge in [0, 0.05) is 26.2 Å². The number of esters is 2. The number of nitrogens with zero attached hydrogens (tertiary/aromatic N) is 2. The van der Waals surface area contributed by atoms with Crippen molar-refractivity contribution >= 4 is 11.9 Å². The van der Waals surface area contributed by atoms with Gasteiger partial charge in [-0.05, 0) is 11.1 Å². The lowest BCUT2D eigenvalue weighted by Gasteiger charge is -2.32. The standard InChI is InChI=1S/C22H25N2O4/c25-21(27-16-18-7-3-1-4-8-18)15-20(24-13-11-23-12-14-24)22(26)28-17-19-9-5-2-6-10-19/h1-10,20H,11-17H2. The molecule has 1 saturated heterocycles. The van der Waals surface area contributed by atoms with Crippen molar-refractivity contribution in [1.29, 1.82) is 0 Å². The number of hydrogen-bond acceptors (Lipinski definition) is 5. The van der Waals surface area contributed by atoms with Gasteiger partial charge >= 0.3 is 11.9 Å². The van der Waals surface area contributed by atoms with Gasteiger partial charge in [0.1, 0.15) is 19.3 Å². The molecule has 0 bridgehead atoms. The van der Waals surface area contributed by atoms with Crippen molar-refractivity contribution in [2.24, 2.45) is 0 Å². The Labute approximate surface area is 165 Å². The van der Waals surface area contributed by atoms with E-state index < -0.39 is 18.0 Å². The van der Waals surface area contributed by atoms with Crippen molar-refractivity contribution in [1.82, 2.24) is 10.2 Å². The van der Waals surface area contributed by atoms with Crippen molar-refractivity contribution in [3.05, 3.63) is 71.8 Å². The second kappa shape index (κ2) is 10.6. The average Bonchev–Trinajstić information content (AvgIpc) is 2.76. The number of ether oxygens (including phenoxy) is 2. The highest BCUT2D eigenvalue weighted by Crippen LogP contribution is 2.13. The zero-order valence-electron chi connectivity index (χ0n) is 15.8. The molecule has 0 saturated carbocycles. The van der Waals surface area contributed by atoms with Crippen LogP contribution in [0.1, 0.15) is 17.5 Å². The van der Waals surface area contributed by atoms with Gasteiger partial charge in [-0.2, -0.15) is 0 Å². The summed E-state index contributed by atoms with van der Waals surface area (Å²) < 4.78 is 10.9. The molecule has 147 valence electrons. The lowest BCUT2D eigenvalue weighted by molar-refractivity contribution is -0.158. The van der Waals surface area contributed by atoms with E-state index in [1.807, 2.05) is 65.6 Å². The van der Waals surface area contributed by atoms with E-state index in [0.717, 1.165) is 11.1 Å². The van der Waals surface area contributed by atoms with Gasteiger partial charge in [0.25, 0.3) is 0 Å². The Balaban J connectivity index is 1.57. The van der Waals surface area contributed by atoms with Crippen molar-refractivity contribution < 1.29 is 19.1 Å². The molecule has 1 radical (unpaired) electrons. The van der Waals surface area contributed by atoms with Gasteiger partial charge in [-0.15, -0.1) is 0 Å². The van der Waals surface area contributed by atoms with Crippen LogP contribution in [-0.4, -0.2) is 49.1 Å². The van der Waals surface area contributed by atoms with Crippen LogP contribution >= 0.6 is 0 Å². The first-order chi connectivity index (χ1) is 13.7. The van der Waals surface area contributed by atoms with Crippen LogP contribution in [0.15, 0.2) is 60.7 Å². The molecule has 1 aliphatic heterocycles. The third-order valence-corrected chi connectivity index (χ3v) is 4.63. The van der Waals surface area contributed by atoms with Crippen LogP contribution in [0, 0.1) is 0 Å². The van der Waals surface area contributed by atoms with Crippen molar-refractivity contribution in [2.45, 2.75) is 25.7 Å². The zero-order chi connectivity index (χ0) is 19.6. The molecule has 2 aromatic rings. The molecule has 2 aromatic carbocycles. The molecule has 28 heavy (non-hydrogen) atoms. The van der Waals surface area contributed by atoms with Gasteiger partial charge in [0.2, 0.25) is 0 Å². The summed E-state index contributed by atoms with van der Waals surface area (Å²) in [6.45, 7) is 2.96. The topological polar surface area (TPSA) is 69.9 Å². The van der Waals surface area contributed by atoms with Crippen molar-refractivity contribution in [2.75, 3.05) is 26.2 Å². The Kier molecular flexibility index (Phi) is 7.58. The molecule has 1 atom stereocenters. The fraction of sp³-hybridized carbons (Fsp3) is 0.364. The minimum Gasteiger partial charge on any atom is -0.461 e. The molecule has 3 rings (SSSR count). The highest BCUT2D eigenvalue weighted by Gasteiger charge is 2.31. The monoisotopic (exact) mass is 381 g/mol. The molecule has 1 fully saturated rings. The van der Waals surface area contributed by atoms with Gasteiger partial charge < -0.3 is 9.47 Å². The summed E-state index contributed by atoms with van der Waals surface area (Å²) in [6.07, 6.45) is -0.0273. The summed E-state index contributed by atoms with van der Waals surface area (Å²) in [5.74, 6) is -0.810. The molecule has 1 heterocycles.